The van der Waals surface area contributed by atoms with Crippen LogP contribution in [0.15, 0.2) is 6.20 Å². The Morgan fingerprint density at radius 1 is 1.64 bits per heavy atom. The lowest BCUT2D eigenvalue weighted by Gasteiger charge is -2.24. The van der Waals surface area contributed by atoms with E-state index in [0.29, 0.717) is 12.0 Å². The number of aromatic amines is 1. The maximum absolute atomic E-state index is 5.90. The summed E-state index contributed by atoms with van der Waals surface area (Å²) in [6.07, 6.45) is 3.95. The summed E-state index contributed by atoms with van der Waals surface area (Å²) < 4.78 is 0. The third-order valence-electron chi connectivity index (χ3n) is 2.52. The molecule has 2 unspecified atom stereocenters. The first-order valence-electron chi connectivity index (χ1n) is 4.04. The first kappa shape index (κ1) is 6.85. The summed E-state index contributed by atoms with van der Waals surface area (Å²) >= 11 is 0. The molecule has 11 heavy (non-hydrogen) atoms. The van der Waals surface area contributed by atoms with Crippen molar-refractivity contribution in [1.29, 1.82) is 0 Å². The van der Waals surface area contributed by atoms with Gasteiger partial charge in [0.25, 0.3) is 0 Å². The van der Waals surface area contributed by atoms with Crippen LogP contribution in [-0.4, -0.2) is 16.2 Å². The third kappa shape index (κ3) is 1.05. The molecule has 1 aromatic rings. The SMILES string of the molecule is CC1Cc2cn[nH]c2CC1N. The average molecular weight is 151 g/mol. The highest BCUT2D eigenvalue weighted by Crippen LogP contribution is 2.21. The van der Waals surface area contributed by atoms with E-state index in [9.17, 15) is 0 Å². The molecule has 60 valence electrons. The van der Waals surface area contributed by atoms with E-state index in [-0.39, 0.29) is 0 Å². The second-order valence-electron chi connectivity index (χ2n) is 3.42. The van der Waals surface area contributed by atoms with Crippen molar-refractivity contribution >= 4 is 0 Å². The molecular formula is C8H13N3. The molecule has 0 fully saturated rings. The van der Waals surface area contributed by atoms with Crippen LogP contribution in [-0.2, 0) is 12.8 Å². The summed E-state index contributed by atoms with van der Waals surface area (Å²) in [5.41, 5.74) is 8.48. The Morgan fingerprint density at radius 2 is 2.45 bits per heavy atom. The van der Waals surface area contributed by atoms with Gasteiger partial charge in [-0.05, 0) is 17.9 Å². The standard InChI is InChI=1S/C8H13N3/c1-5-2-6-4-10-11-8(6)3-7(5)9/h4-5,7H,2-3,9H2,1H3,(H,10,11). The van der Waals surface area contributed by atoms with Gasteiger partial charge >= 0.3 is 0 Å². The van der Waals surface area contributed by atoms with Crippen LogP contribution in [0.1, 0.15) is 18.2 Å². The second kappa shape index (κ2) is 2.34. The van der Waals surface area contributed by atoms with Crippen LogP contribution in [0.25, 0.3) is 0 Å². The molecule has 0 saturated heterocycles. The molecule has 0 bridgehead atoms. The van der Waals surface area contributed by atoms with Gasteiger partial charge in [0.15, 0.2) is 0 Å². The number of hydrogen-bond acceptors (Lipinski definition) is 2. The van der Waals surface area contributed by atoms with E-state index in [1.807, 2.05) is 6.20 Å². The molecule has 1 aromatic heterocycles. The van der Waals surface area contributed by atoms with E-state index >= 15 is 0 Å². The predicted molar refractivity (Wildman–Crippen MR) is 43.1 cm³/mol. The Morgan fingerprint density at radius 3 is 3.27 bits per heavy atom. The van der Waals surface area contributed by atoms with Crippen LogP contribution in [0.3, 0.4) is 0 Å². The lowest BCUT2D eigenvalue weighted by atomic mass is 9.85. The van der Waals surface area contributed by atoms with Crippen LogP contribution < -0.4 is 5.73 Å². The highest BCUT2D eigenvalue weighted by atomic mass is 15.1. The molecule has 1 aliphatic rings. The topological polar surface area (TPSA) is 54.7 Å². The van der Waals surface area contributed by atoms with Crippen LogP contribution in [0.4, 0.5) is 0 Å². The number of nitrogens with zero attached hydrogens (tertiary/aromatic N) is 1. The zero-order valence-corrected chi connectivity index (χ0v) is 6.67. The number of nitrogens with one attached hydrogen (secondary N) is 1. The van der Waals surface area contributed by atoms with Crippen LogP contribution in [0.5, 0.6) is 0 Å². The van der Waals surface area contributed by atoms with Crippen LogP contribution in [0, 0.1) is 5.92 Å². The van der Waals surface area contributed by atoms with Crippen molar-refractivity contribution < 1.29 is 0 Å². The molecule has 3 N–H and O–H groups in total. The number of aromatic nitrogens is 2. The minimum Gasteiger partial charge on any atom is -0.327 e. The second-order valence-corrected chi connectivity index (χ2v) is 3.42. The van der Waals surface area contributed by atoms with E-state index in [1.54, 1.807) is 0 Å². The molecule has 1 aliphatic carbocycles. The van der Waals surface area contributed by atoms with Gasteiger partial charge in [-0.25, -0.2) is 0 Å². The monoisotopic (exact) mass is 151 g/mol. The van der Waals surface area contributed by atoms with E-state index in [0.717, 1.165) is 12.8 Å². The zero-order valence-electron chi connectivity index (χ0n) is 6.67. The number of hydrogen-bond donors (Lipinski definition) is 2. The number of fused-ring (bicyclic) bond motifs is 1. The maximum Gasteiger partial charge on any atom is 0.0522 e. The summed E-state index contributed by atoms with van der Waals surface area (Å²) in [6.45, 7) is 2.20. The number of H-pyrrole nitrogens is 1. The van der Waals surface area contributed by atoms with Crippen molar-refractivity contribution in [2.24, 2.45) is 11.7 Å². The fourth-order valence-corrected chi connectivity index (χ4v) is 1.63. The van der Waals surface area contributed by atoms with E-state index in [4.69, 9.17) is 5.73 Å². The highest BCUT2D eigenvalue weighted by molar-refractivity contribution is 5.21. The summed E-state index contributed by atoms with van der Waals surface area (Å²) in [7, 11) is 0. The Balaban J connectivity index is 2.30. The molecule has 2 atom stereocenters. The molecular weight excluding hydrogens is 138 g/mol. The Kier molecular flexibility index (Phi) is 1.46. The predicted octanol–water partition coefficient (Wildman–Crippen LogP) is 0.472. The molecule has 0 aliphatic heterocycles. The van der Waals surface area contributed by atoms with Crippen LogP contribution in [0.2, 0.25) is 0 Å². The summed E-state index contributed by atoms with van der Waals surface area (Å²) in [4.78, 5) is 0. The van der Waals surface area contributed by atoms with E-state index in [1.165, 1.54) is 11.3 Å². The fourth-order valence-electron chi connectivity index (χ4n) is 1.63. The highest BCUT2D eigenvalue weighted by Gasteiger charge is 2.23. The molecule has 1 heterocycles. The summed E-state index contributed by atoms with van der Waals surface area (Å²) in [5.74, 6) is 0.597. The van der Waals surface area contributed by atoms with Gasteiger partial charge < -0.3 is 5.73 Å². The summed E-state index contributed by atoms with van der Waals surface area (Å²) in [6, 6.07) is 0.308. The van der Waals surface area contributed by atoms with Crippen molar-refractivity contribution in [1.82, 2.24) is 10.2 Å². The minimum atomic E-state index is 0.308. The van der Waals surface area contributed by atoms with Gasteiger partial charge in [0.05, 0.1) is 6.20 Å². The molecule has 0 aromatic carbocycles. The first-order valence-corrected chi connectivity index (χ1v) is 4.04. The van der Waals surface area contributed by atoms with Gasteiger partial charge in [0.1, 0.15) is 0 Å². The zero-order chi connectivity index (χ0) is 7.84. The van der Waals surface area contributed by atoms with Gasteiger partial charge in [0.2, 0.25) is 0 Å². The lowest BCUT2D eigenvalue weighted by Crippen LogP contribution is -2.35. The molecule has 3 nitrogen and oxygen atoms in total. The first-order chi connectivity index (χ1) is 5.27. The Bertz CT molecular complexity index is 229. The normalized spacial score (nSPS) is 30.0. The largest absolute Gasteiger partial charge is 0.327 e. The molecule has 0 spiro atoms. The van der Waals surface area contributed by atoms with E-state index in [2.05, 4.69) is 17.1 Å². The minimum absolute atomic E-state index is 0.308. The van der Waals surface area contributed by atoms with Crippen molar-refractivity contribution in [3.63, 3.8) is 0 Å². The van der Waals surface area contributed by atoms with Crippen molar-refractivity contribution in [2.45, 2.75) is 25.8 Å². The van der Waals surface area contributed by atoms with Gasteiger partial charge in [-0.15, -0.1) is 0 Å². The smallest absolute Gasteiger partial charge is 0.0522 e. The molecule has 2 rings (SSSR count). The van der Waals surface area contributed by atoms with Gasteiger partial charge in [-0.3, -0.25) is 5.10 Å². The number of nitrogens with two attached hydrogens (primary N) is 1. The quantitative estimate of drug-likeness (QED) is 0.566. The maximum atomic E-state index is 5.90. The fraction of sp³-hybridized carbons (Fsp3) is 0.625. The average Bonchev–Trinajstić information content (AvgIpc) is 2.36. The molecule has 0 saturated carbocycles. The summed E-state index contributed by atoms with van der Waals surface area (Å²) in [5, 5.41) is 6.97. The molecule has 3 heteroatoms. The third-order valence-corrected chi connectivity index (χ3v) is 2.52. The van der Waals surface area contributed by atoms with Crippen molar-refractivity contribution in [2.75, 3.05) is 0 Å². The Labute approximate surface area is 66.0 Å². The molecule has 0 radical (unpaired) electrons. The Hall–Kier alpha value is -0.830. The van der Waals surface area contributed by atoms with Gasteiger partial charge in [-0.1, -0.05) is 6.92 Å². The van der Waals surface area contributed by atoms with Crippen molar-refractivity contribution in [3.05, 3.63) is 17.5 Å². The number of rotatable bonds is 0. The van der Waals surface area contributed by atoms with Gasteiger partial charge in [0, 0.05) is 18.2 Å². The van der Waals surface area contributed by atoms with Crippen molar-refractivity contribution in [3.8, 4) is 0 Å². The lowest BCUT2D eigenvalue weighted by molar-refractivity contribution is 0.423. The van der Waals surface area contributed by atoms with Crippen LogP contribution >= 0.6 is 0 Å². The van der Waals surface area contributed by atoms with E-state index < -0.39 is 0 Å². The molecule has 0 amide bonds. The van der Waals surface area contributed by atoms with Gasteiger partial charge in [-0.2, -0.15) is 5.10 Å².